The largest absolute Gasteiger partial charge is 0.384 e. The summed E-state index contributed by atoms with van der Waals surface area (Å²) >= 11 is 0. The minimum absolute atomic E-state index is 0. The molecule has 0 spiro atoms. The van der Waals surface area contributed by atoms with Crippen molar-refractivity contribution in [1.29, 1.82) is 0 Å². The fraction of sp³-hybridized carbons (Fsp3) is 0.562. The fourth-order valence-electron chi connectivity index (χ4n) is 3.43. The highest BCUT2D eigenvalue weighted by molar-refractivity contribution is 5.95. The van der Waals surface area contributed by atoms with Gasteiger partial charge in [-0.15, -0.1) is 12.4 Å². The van der Waals surface area contributed by atoms with Gasteiger partial charge in [0.05, 0.1) is 0 Å². The minimum atomic E-state index is 0. The van der Waals surface area contributed by atoms with Gasteiger partial charge in [-0.1, -0.05) is 6.92 Å². The standard InChI is InChI=1S/C16H22N2O.ClH/c1-3-14-6-4-11(2)18(14)16(19)13-5-7-15-12(10-13)8-9-17-15;/h5,7,10-11,14,17H,3-4,6,8-9H2,1-2H3;1H. The molecule has 2 aliphatic heterocycles. The number of benzene rings is 1. The van der Waals surface area contributed by atoms with Gasteiger partial charge in [-0.25, -0.2) is 0 Å². The molecule has 1 N–H and O–H groups in total. The number of fused-ring (bicyclic) bond motifs is 1. The van der Waals surface area contributed by atoms with E-state index in [4.69, 9.17) is 0 Å². The Morgan fingerprint density at radius 2 is 2.20 bits per heavy atom. The van der Waals surface area contributed by atoms with E-state index < -0.39 is 0 Å². The molecule has 2 aliphatic rings. The zero-order valence-corrected chi connectivity index (χ0v) is 13.0. The first kappa shape index (κ1) is 15.2. The third-order valence-electron chi connectivity index (χ3n) is 4.55. The van der Waals surface area contributed by atoms with Crippen molar-refractivity contribution in [2.24, 2.45) is 0 Å². The summed E-state index contributed by atoms with van der Waals surface area (Å²) in [6.45, 7) is 5.34. The molecule has 2 unspecified atom stereocenters. The van der Waals surface area contributed by atoms with E-state index in [1.54, 1.807) is 0 Å². The van der Waals surface area contributed by atoms with Crippen molar-refractivity contribution in [3.05, 3.63) is 29.3 Å². The second kappa shape index (κ2) is 6.04. The lowest BCUT2D eigenvalue weighted by atomic mass is 10.1. The number of halogens is 1. The Labute approximate surface area is 127 Å². The first-order valence-corrected chi connectivity index (χ1v) is 7.40. The number of carbonyl (C=O) groups excluding carboxylic acids is 1. The Kier molecular flexibility index (Phi) is 4.59. The molecular formula is C16H23ClN2O. The second-order valence-corrected chi connectivity index (χ2v) is 5.75. The van der Waals surface area contributed by atoms with Gasteiger partial charge in [0.2, 0.25) is 0 Å². The van der Waals surface area contributed by atoms with Gasteiger partial charge in [-0.3, -0.25) is 4.79 Å². The van der Waals surface area contributed by atoms with Crippen molar-refractivity contribution in [2.75, 3.05) is 11.9 Å². The van der Waals surface area contributed by atoms with Gasteiger partial charge >= 0.3 is 0 Å². The van der Waals surface area contributed by atoms with E-state index in [9.17, 15) is 4.79 Å². The number of hydrogen-bond donors (Lipinski definition) is 1. The number of likely N-dealkylation sites (tertiary alicyclic amines) is 1. The van der Waals surface area contributed by atoms with Crippen LogP contribution in [0.25, 0.3) is 0 Å². The van der Waals surface area contributed by atoms with Crippen LogP contribution in [0.15, 0.2) is 18.2 Å². The van der Waals surface area contributed by atoms with Crippen molar-refractivity contribution in [3.63, 3.8) is 0 Å². The third-order valence-corrected chi connectivity index (χ3v) is 4.55. The maximum Gasteiger partial charge on any atom is 0.254 e. The number of hydrogen-bond acceptors (Lipinski definition) is 2. The number of carbonyl (C=O) groups is 1. The monoisotopic (exact) mass is 294 g/mol. The van der Waals surface area contributed by atoms with E-state index >= 15 is 0 Å². The van der Waals surface area contributed by atoms with E-state index in [1.807, 2.05) is 6.07 Å². The highest BCUT2D eigenvalue weighted by atomic mass is 35.5. The van der Waals surface area contributed by atoms with Gasteiger partial charge < -0.3 is 10.2 Å². The van der Waals surface area contributed by atoms with Crippen molar-refractivity contribution >= 4 is 24.0 Å². The van der Waals surface area contributed by atoms with Crippen LogP contribution in [0.4, 0.5) is 5.69 Å². The number of amides is 1. The van der Waals surface area contributed by atoms with Crippen molar-refractivity contribution in [1.82, 2.24) is 4.90 Å². The Morgan fingerprint density at radius 1 is 1.40 bits per heavy atom. The Hall–Kier alpha value is -1.22. The van der Waals surface area contributed by atoms with Gasteiger partial charge in [-0.2, -0.15) is 0 Å². The highest BCUT2D eigenvalue weighted by Crippen LogP contribution is 2.29. The van der Waals surface area contributed by atoms with Crippen LogP contribution in [0.3, 0.4) is 0 Å². The molecule has 2 atom stereocenters. The highest BCUT2D eigenvalue weighted by Gasteiger charge is 2.33. The molecule has 0 aliphatic carbocycles. The molecule has 3 rings (SSSR count). The van der Waals surface area contributed by atoms with Crippen molar-refractivity contribution < 1.29 is 4.79 Å². The zero-order valence-electron chi connectivity index (χ0n) is 12.2. The third kappa shape index (κ3) is 2.51. The summed E-state index contributed by atoms with van der Waals surface area (Å²) in [5.41, 5.74) is 3.33. The molecule has 3 nitrogen and oxygen atoms in total. The summed E-state index contributed by atoms with van der Waals surface area (Å²) in [5.74, 6) is 0.214. The quantitative estimate of drug-likeness (QED) is 0.906. The van der Waals surface area contributed by atoms with Crippen LogP contribution in [-0.2, 0) is 6.42 Å². The van der Waals surface area contributed by atoms with E-state index in [2.05, 4.69) is 36.2 Å². The molecule has 0 radical (unpaired) electrons. The van der Waals surface area contributed by atoms with Crippen LogP contribution in [0.5, 0.6) is 0 Å². The molecule has 0 saturated carbocycles. The molecule has 1 fully saturated rings. The van der Waals surface area contributed by atoms with Gasteiger partial charge in [0, 0.05) is 29.9 Å². The van der Waals surface area contributed by atoms with Crippen LogP contribution in [-0.4, -0.2) is 29.4 Å². The van der Waals surface area contributed by atoms with Crippen molar-refractivity contribution in [3.8, 4) is 0 Å². The summed E-state index contributed by atoms with van der Waals surface area (Å²) in [6, 6.07) is 6.90. The van der Waals surface area contributed by atoms with Crippen LogP contribution >= 0.6 is 12.4 Å². The molecule has 0 aromatic heterocycles. The van der Waals surface area contributed by atoms with Gasteiger partial charge in [0.25, 0.3) is 5.91 Å². The summed E-state index contributed by atoms with van der Waals surface area (Å²) in [4.78, 5) is 14.8. The maximum absolute atomic E-state index is 12.7. The maximum atomic E-state index is 12.7. The summed E-state index contributed by atoms with van der Waals surface area (Å²) in [7, 11) is 0. The van der Waals surface area contributed by atoms with Crippen LogP contribution < -0.4 is 5.32 Å². The van der Waals surface area contributed by atoms with Crippen molar-refractivity contribution in [2.45, 2.75) is 51.6 Å². The topological polar surface area (TPSA) is 32.3 Å². The van der Waals surface area contributed by atoms with Crippen LogP contribution in [0, 0.1) is 0 Å². The van der Waals surface area contributed by atoms with Gasteiger partial charge in [0.15, 0.2) is 0 Å². The Morgan fingerprint density at radius 3 is 2.95 bits per heavy atom. The van der Waals surface area contributed by atoms with Crippen LogP contribution in [0.1, 0.15) is 49.0 Å². The first-order valence-electron chi connectivity index (χ1n) is 7.40. The number of nitrogens with one attached hydrogen (secondary N) is 1. The molecule has 1 saturated heterocycles. The smallest absolute Gasteiger partial charge is 0.254 e. The normalized spacial score (nSPS) is 24.0. The molecule has 1 amide bonds. The lowest BCUT2D eigenvalue weighted by Gasteiger charge is -2.28. The van der Waals surface area contributed by atoms with Gasteiger partial charge in [-0.05, 0) is 56.4 Å². The lowest BCUT2D eigenvalue weighted by Crippen LogP contribution is -2.39. The first-order chi connectivity index (χ1) is 9.20. The number of nitrogens with zero attached hydrogens (tertiary/aromatic N) is 1. The molecule has 0 bridgehead atoms. The van der Waals surface area contributed by atoms with E-state index in [0.717, 1.165) is 37.8 Å². The molecule has 20 heavy (non-hydrogen) atoms. The summed E-state index contributed by atoms with van der Waals surface area (Å²) in [5, 5.41) is 3.34. The Balaban J connectivity index is 0.00000147. The fourth-order valence-corrected chi connectivity index (χ4v) is 3.43. The zero-order chi connectivity index (χ0) is 13.4. The minimum Gasteiger partial charge on any atom is -0.384 e. The average molecular weight is 295 g/mol. The predicted octanol–water partition coefficient (Wildman–Crippen LogP) is 3.48. The number of anilines is 1. The lowest BCUT2D eigenvalue weighted by molar-refractivity contribution is 0.0676. The predicted molar refractivity (Wildman–Crippen MR) is 84.8 cm³/mol. The molecule has 1 aromatic rings. The number of rotatable bonds is 2. The average Bonchev–Trinajstić information content (AvgIpc) is 3.02. The van der Waals surface area contributed by atoms with E-state index in [-0.39, 0.29) is 18.3 Å². The molecule has 1 aromatic carbocycles. The van der Waals surface area contributed by atoms with E-state index in [1.165, 1.54) is 11.3 Å². The molecule has 2 heterocycles. The summed E-state index contributed by atoms with van der Waals surface area (Å²) in [6.07, 6.45) is 4.37. The van der Waals surface area contributed by atoms with Gasteiger partial charge in [0.1, 0.15) is 0 Å². The molecule has 4 heteroatoms. The molecular weight excluding hydrogens is 272 g/mol. The van der Waals surface area contributed by atoms with E-state index in [0.29, 0.717) is 12.1 Å². The summed E-state index contributed by atoms with van der Waals surface area (Å²) < 4.78 is 0. The second-order valence-electron chi connectivity index (χ2n) is 5.75. The van der Waals surface area contributed by atoms with Crippen LogP contribution in [0.2, 0.25) is 0 Å². The SMILES string of the molecule is CCC1CCC(C)N1C(=O)c1ccc2c(c1)CCN2.Cl. The molecule has 110 valence electrons. The Bertz CT molecular complexity index is 503.